The fourth-order valence-electron chi connectivity index (χ4n) is 3.90. The Labute approximate surface area is 222 Å². The molecule has 37 heavy (non-hydrogen) atoms. The summed E-state index contributed by atoms with van der Waals surface area (Å²) >= 11 is 5.61. The normalized spacial score (nSPS) is 15.7. The van der Waals surface area contributed by atoms with Gasteiger partial charge >= 0.3 is 5.97 Å². The summed E-state index contributed by atoms with van der Waals surface area (Å²) in [6.07, 6.45) is 4.96. The molecule has 1 unspecified atom stereocenters. The number of carbonyl (C=O) groups excluding carboxylic acids is 2. The molecule has 0 saturated carbocycles. The maximum Gasteiger partial charge on any atom is 0.338 e. The van der Waals surface area contributed by atoms with Gasteiger partial charge in [0.2, 0.25) is 0 Å². The van der Waals surface area contributed by atoms with Crippen LogP contribution in [0.4, 0.5) is 0 Å². The maximum absolute atomic E-state index is 13.8. The molecule has 8 nitrogen and oxygen atoms in total. The van der Waals surface area contributed by atoms with Gasteiger partial charge in [-0.25, -0.2) is 4.79 Å². The van der Waals surface area contributed by atoms with Crippen LogP contribution in [0.1, 0.15) is 45.0 Å². The van der Waals surface area contributed by atoms with Gasteiger partial charge in [0.25, 0.3) is 5.91 Å². The van der Waals surface area contributed by atoms with Crippen LogP contribution >= 0.6 is 12.2 Å². The van der Waals surface area contributed by atoms with Gasteiger partial charge in [-0.2, -0.15) is 0 Å². The van der Waals surface area contributed by atoms with Crippen molar-refractivity contribution in [2.45, 2.75) is 33.7 Å². The summed E-state index contributed by atoms with van der Waals surface area (Å²) in [7, 11) is 0. The quantitative estimate of drug-likeness (QED) is 0.208. The summed E-state index contributed by atoms with van der Waals surface area (Å²) in [5.74, 6) is 0.0614. The first-order chi connectivity index (χ1) is 17.8. The van der Waals surface area contributed by atoms with E-state index in [0.29, 0.717) is 47.2 Å². The minimum atomic E-state index is -0.861. The van der Waals surface area contributed by atoms with E-state index in [2.05, 4.69) is 16.9 Å². The van der Waals surface area contributed by atoms with Crippen LogP contribution in [0.25, 0.3) is 6.08 Å². The Morgan fingerprint density at radius 3 is 2.59 bits per heavy atom. The molecule has 9 heteroatoms. The van der Waals surface area contributed by atoms with Gasteiger partial charge in [0.15, 0.2) is 16.6 Å². The van der Waals surface area contributed by atoms with Crippen molar-refractivity contribution in [2.24, 2.45) is 0 Å². The number of pyridine rings is 1. The molecule has 0 aliphatic carbocycles. The van der Waals surface area contributed by atoms with Crippen molar-refractivity contribution in [3.8, 4) is 11.5 Å². The SMILES string of the molecule is C=CCOc1ccc(C2C(C(=O)OCC)=C(C)NC(=S)N2C(=O)/C(C)=C/c2ccccn2)cc1OCC. The second kappa shape index (κ2) is 12.8. The predicted octanol–water partition coefficient (Wildman–Crippen LogP) is 4.74. The summed E-state index contributed by atoms with van der Waals surface area (Å²) < 4.78 is 16.9. The fourth-order valence-corrected chi connectivity index (χ4v) is 4.25. The van der Waals surface area contributed by atoms with E-state index in [9.17, 15) is 9.59 Å². The first kappa shape index (κ1) is 27.6. The largest absolute Gasteiger partial charge is 0.490 e. The average Bonchev–Trinajstić information content (AvgIpc) is 2.88. The molecule has 0 spiro atoms. The Bertz CT molecular complexity index is 1240. The van der Waals surface area contributed by atoms with Gasteiger partial charge in [-0.1, -0.05) is 24.8 Å². The molecule has 1 aromatic heterocycles. The lowest BCUT2D eigenvalue weighted by Gasteiger charge is -2.38. The average molecular weight is 522 g/mol. The van der Waals surface area contributed by atoms with Crippen molar-refractivity contribution < 1.29 is 23.8 Å². The Balaban J connectivity index is 2.16. The molecule has 1 aromatic carbocycles. The number of nitrogens with one attached hydrogen (secondary N) is 1. The molecule has 0 saturated heterocycles. The van der Waals surface area contributed by atoms with Gasteiger partial charge in [-0.3, -0.25) is 14.7 Å². The van der Waals surface area contributed by atoms with Crippen molar-refractivity contribution in [2.75, 3.05) is 19.8 Å². The monoisotopic (exact) mass is 521 g/mol. The number of allylic oxidation sites excluding steroid dienone is 1. The third kappa shape index (κ3) is 6.42. The van der Waals surface area contributed by atoms with Crippen molar-refractivity contribution in [3.05, 3.63) is 83.4 Å². The molecule has 1 N–H and O–H groups in total. The number of aromatic nitrogens is 1. The van der Waals surface area contributed by atoms with Crippen LogP contribution in [0.2, 0.25) is 0 Å². The number of thiocarbonyl (C=S) groups is 1. The summed E-state index contributed by atoms with van der Waals surface area (Å²) in [5.41, 5.74) is 2.41. The number of rotatable bonds is 10. The second-order valence-corrected chi connectivity index (χ2v) is 8.47. The standard InChI is InChI=1S/C28H31N3O5S/c1-6-15-36-22-13-12-20(17-23(22)34-7-2)25-24(27(33)35-8-3)19(5)30-28(37)31(25)26(32)18(4)16-21-11-9-10-14-29-21/h6,9-14,16-17,25H,1,7-8,15H2,2-5H3,(H,30,37)/b18-16+. The highest BCUT2D eigenvalue weighted by molar-refractivity contribution is 7.80. The molecule has 194 valence electrons. The lowest BCUT2D eigenvalue weighted by Crippen LogP contribution is -2.51. The van der Waals surface area contributed by atoms with Crippen LogP contribution in [-0.2, 0) is 14.3 Å². The van der Waals surface area contributed by atoms with Crippen molar-refractivity contribution in [3.63, 3.8) is 0 Å². The third-order valence-electron chi connectivity index (χ3n) is 5.49. The zero-order valence-electron chi connectivity index (χ0n) is 21.4. The van der Waals surface area contributed by atoms with Crippen LogP contribution in [-0.4, -0.2) is 46.7 Å². The van der Waals surface area contributed by atoms with Crippen LogP contribution in [0.15, 0.2) is 72.1 Å². The predicted molar refractivity (Wildman–Crippen MR) is 146 cm³/mol. The number of hydrogen-bond donors (Lipinski definition) is 1. The molecule has 0 bridgehead atoms. The first-order valence-electron chi connectivity index (χ1n) is 11.9. The van der Waals surface area contributed by atoms with E-state index >= 15 is 0 Å². The van der Waals surface area contributed by atoms with Crippen LogP contribution in [0.5, 0.6) is 11.5 Å². The van der Waals surface area contributed by atoms with Gasteiger partial charge < -0.3 is 19.5 Å². The second-order valence-electron chi connectivity index (χ2n) is 8.09. The highest BCUT2D eigenvalue weighted by atomic mass is 32.1. The molecule has 0 radical (unpaired) electrons. The fraction of sp³-hybridized carbons (Fsp3) is 0.286. The number of carbonyl (C=O) groups is 2. The topological polar surface area (TPSA) is 90.0 Å². The number of esters is 1. The molecular formula is C28H31N3O5S. The molecule has 1 atom stereocenters. The number of hydrogen-bond acceptors (Lipinski definition) is 7. The van der Waals surface area contributed by atoms with E-state index in [0.717, 1.165) is 0 Å². The Kier molecular flexibility index (Phi) is 9.57. The van der Waals surface area contributed by atoms with E-state index in [4.69, 9.17) is 26.4 Å². The van der Waals surface area contributed by atoms with E-state index in [1.54, 1.807) is 69.5 Å². The first-order valence-corrected chi connectivity index (χ1v) is 12.3. The highest BCUT2D eigenvalue weighted by Crippen LogP contribution is 2.39. The van der Waals surface area contributed by atoms with Crippen LogP contribution in [0, 0.1) is 0 Å². The zero-order valence-corrected chi connectivity index (χ0v) is 22.3. The van der Waals surface area contributed by atoms with Gasteiger partial charge in [0, 0.05) is 17.5 Å². The van der Waals surface area contributed by atoms with Crippen molar-refractivity contribution in [1.82, 2.24) is 15.2 Å². The molecule has 1 amide bonds. The summed E-state index contributed by atoms with van der Waals surface area (Å²) in [6.45, 7) is 11.6. The summed E-state index contributed by atoms with van der Waals surface area (Å²) in [6, 6.07) is 9.85. The van der Waals surface area contributed by atoms with Crippen molar-refractivity contribution in [1.29, 1.82) is 0 Å². The molecule has 1 aliphatic rings. The number of amides is 1. The Morgan fingerprint density at radius 2 is 1.95 bits per heavy atom. The van der Waals surface area contributed by atoms with Crippen molar-refractivity contribution >= 4 is 35.3 Å². The minimum absolute atomic E-state index is 0.166. The molecule has 2 heterocycles. The third-order valence-corrected chi connectivity index (χ3v) is 5.79. The highest BCUT2D eigenvalue weighted by Gasteiger charge is 2.40. The molecule has 2 aromatic rings. The number of benzene rings is 1. The molecule has 3 rings (SSSR count). The summed E-state index contributed by atoms with van der Waals surface area (Å²) in [4.78, 5) is 32.6. The Hall–Kier alpha value is -3.98. The van der Waals surface area contributed by atoms with Gasteiger partial charge in [-0.15, -0.1) is 0 Å². The van der Waals surface area contributed by atoms with E-state index in [-0.39, 0.29) is 23.2 Å². The molecule has 0 fully saturated rings. The number of nitrogens with zero attached hydrogens (tertiary/aromatic N) is 2. The molecular weight excluding hydrogens is 490 g/mol. The lowest BCUT2D eigenvalue weighted by atomic mass is 9.93. The smallest absolute Gasteiger partial charge is 0.338 e. The van der Waals surface area contributed by atoms with Gasteiger partial charge in [0.05, 0.1) is 30.5 Å². The Morgan fingerprint density at radius 1 is 1.16 bits per heavy atom. The van der Waals surface area contributed by atoms with E-state index < -0.39 is 12.0 Å². The van der Waals surface area contributed by atoms with Gasteiger partial charge in [0.1, 0.15) is 6.61 Å². The zero-order chi connectivity index (χ0) is 26.9. The van der Waals surface area contributed by atoms with Gasteiger partial charge in [-0.05, 0) is 75.8 Å². The summed E-state index contributed by atoms with van der Waals surface area (Å²) in [5, 5.41) is 3.17. The minimum Gasteiger partial charge on any atom is -0.490 e. The number of ether oxygens (including phenoxy) is 3. The van der Waals surface area contributed by atoms with E-state index in [1.807, 2.05) is 13.0 Å². The van der Waals surface area contributed by atoms with E-state index in [1.165, 1.54) is 4.90 Å². The van der Waals surface area contributed by atoms with Crippen LogP contribution < -0.4 is 14.8 Å². The lowest BCUT2D eigenvalue weighted by molar-refractivity contribution is -0.139. The van der Waals surface area contributed by atoms with Crippen LogP contribution in [0.3, 0.4) is 0 Å². The molecule has 1 aliphatic heterocycles. The maximum atomic E-state index is 13.8.